The average molecular weight is 413 g/mol. The topological polar surface area (TPSA) is 81.7 Å². The Hall–Kier alpha value is -2.51. The summed E-state index contributed by atoms with van der Waals surface area (Å²) in [6, 6.07) is 9.09. The first-order chi connectivity index (χ1) is 14.1. The number of carbonyl (C=O) groups is 3. The number of hydrogen-bond donors (Lipinski definition) is 1. The van der Waals surface area contributed by atoms with Gasteiger partial charge in [-0.25, -0.2) is 4.79 Å². The molecular weight excluding hydrogens is 390 g/mol. The molecule has 0 saturated carbocycles. The van der Waals surface area contributed by atoms with Crippen LogP contribution in [0.4, 0.5) is 5.00 Å². The molecule has 4 rings (SSSR count). The highest BCUT2D eigenvalue weighted by Crippen LogP contribution is 2.39. The molecule has 1 aromatic heterocycles. The van der Waals surface area contributed by atoms with Gasteiger partial charge in [0.05, 0.1) is 5.56 Å². The van der Waals surface area contributed by atoms with Gasteiger partial charge in [0.15, 0.2) is 18.5 Å². The van der Waals surface area contributed by atoms with Gasteiger partial charge in [-0.3, -0.25) is 9.59 Å². The Labute approximate surface area is 173 Å². The maximum atomic E-state index is 13.2. The van der Waals surface area contributed by atoms with E-state index in [9.17, 15) is 14.4 Å². The average Bonchev–Trinajstić information content (AvgIpc) is 3.40. The molecule has 1 aliphatic heterocycles. The van der Waals surface area contributed by atoms with Crippen molar-refractivity contribution < 1.29 is 23.9 Å². The van der Waals surface area contributed by atoms with Crippen molar-refractivity contribution in [3.05, 3.63) is 51.9 Å². The van der Waals surface area contributed by atoms with Gasteiger partial charge < -0.3 is 14.8 Å². The first-order valence-corrected chi connectivity index (χ1v) is 10.8. The smallest absolute Gasteiger partial charge is 0.335 e. The molecule has 1 atom stereocenters. The summed E-state index contributed by atoms with van der Waals surface area (Å²) < 4.78 is 10.4. The molecule has 1 fully saturated rings. The van der Waals surface area contributed by atoms with Gasteiger partial charge in [0.1, 0.15) is 5.00 Å². The quantitative estimate of drug-likeness (QED) is 0.579. The number of hydrogen-bond acceptors (Lipinski definition) is 6. The van der Waals surface area contributed by atoms with Gasteiger partial charge in [0, 0.05) is 17.0 Å². The minimum absolute atomic E-state index is 0.0864. The Balaban J connectivity index is 1.50. The fourth-order valence-corrected chi connectivity index (χ4v) is 5.09. The highest BCUT2D eigenvalue weighted by atomic mass is 32.1. The molecular formula is C22H23NO5S. The molecule has 0 unspecified atom stereocenters. The third-order valence-electron chi connectivity index (χ3n) is 5.23. The Bertz CT molecular complexity index is 915. The van der Waals surface area contributed by atoms with Crippen LogP contribution in [0.1, 0.15) is 52.0 Å². The molecule has 1 amide bonds. The summed E-state index contributed by atoms with van der Waals surface area (Å²) in [4.78, 5) is 38.7. The van der Waals surface area contributed by atoms with E-state index < -0.39 is 18.0 Å². The van der Waals surface area contributed by atoms with Gasteiger partial charge in [0.25, 0.3) is 5.91 Å². The summed E-state index contributed by atoms with van der Waals surface area (Å²) in [5, 5.41) is 3.35. The number of ether oxygens (including phenoxy) is 2. The molecule has 7 heteroatoms. The Morgan fingerprint density at radius 3 is 2.66 bits per heavy atom. The third-order valence-corrected chi connectivity index (χ3v) is 6.43. The summed E-state index contributed by atoms with van der Waals surface area (Å²) in [5.41, 5.74) is 2.22. The Kier molecular flexibility index (Phi) is 6.06. The molecule has 6 nitrogen and oxygen atoms in total. The summed E-state index contributed by atoms with van der Waals surface area (Å²) in [5.74, 6) is -1.04. The molecule has 1 aliphatic carbocycles. The molecule has 0 spiro atoms. The number of thiophene rings is 1. The van der Waals surface area contributed by atoms with Crippen LogP contribution in [-0.4, -0.2) is 37.0 Å². The van der Waals surface area contributed by atoms with Gasteiger partial charge in [0.2, 0.25) is 0 Å². The molecule has 0 bridgehead atoms. The van der Waals surface area contributed by atoms with E-state index >= 15 is 0 Å². The number of carbonyl (C=O) groups excluding carboxylic acids is 3. The van der Waals surface area contributed by atoms with Crippen LogP contribution in [0.25, 0.3) is 0 Å². The zero-order valence-corrected chi connectivity index (χ0v) is 16.9. The van der Waals surface area contributed by atoms with Crippen molar-refractivity contribution in [2.45, 2.75) is 44.6 Å². The molecule has 1 N–H and O–H groups in total. The van der Waals surface area contributed by atoms with E-state index in [2.05, 4.69) is 5.32 Å². The lowest BCUT2D eigenvalue weighted by Gasteiger charge is -2.13. The summed E-state index contributed by atoms with van der Waals surface area (Å²) in [6.07, 6.45) is 4.73. The second-order valence-corrected chi connectivity index (χ2v) is 8.37. The fourth-order valence-electron chi connectivity index (χ4n) is 3.78. The van der Waals surface area contributed by atoms with E-state index in [4.69, 9.17) is 9.47 Å². The van der Waals surface area contributed by atoms with E-state index in [1.165, 1.54) is 11.3 Å². The number of nitrogens with one attached hydrogen (secondary N) is 1. The standard InChI is InChI=1S/C22H23NO5S/c24-18(13-28-22(26)16-10-6-12-27-16)23-21-19(15-9-4-5-11-17(15)29-21)20(25)14-7-2-1-3-8-14/h1-3,7-8,16H,4-6,9-13H2,(H,23,24)/t16-/m1/s1. The molecule has 152 valence electrons. The molecule has 2 aliphatic rings. The van der Waals surface area contributed by atoms with Crippen LogP contribution in [-0.2, 0) is 31.9 Å². The number of aryl methyl sites for hydroxylation is 1. The lowest BCUT2D eigenvalue weighted by molar-refractivity contribution is -0.156. The molecule has 2 heterocycles. The largest absolute Gasteiger partial charge is 0.454 e. The minimum Gasteiger partial charge on any atom is -0.454 e. The number of rotatable bonds is 6. The van der Waals surface area contributed by atoms with Crippen molar-refractivity contribution >= 4 is 34.0 Å². The molecule has 29 heavy (non-hydrogen) atoms. The van der Waals surface area contributed by atoms with Gasteiger partial charge in [-0.1, -0.05) is 30.3 Å². The van der Waals surface area contributed by atoms with Crippen LogP contribution in [0.2, 0.25) is 0 Å². The molecule has 1 saturated heterocycles. The van der Waals surface area contributed by atoms with E-state index in [1.807, 2.05) is 18.2 Å². The minimum atomic E-state index is -0.577. The van der Waals surface area contributed by atoms with Crippen LogP contribution < -0.4 is 5.32 Å². The number of amides is 1. The molecule has 0 radical (unpaired) electrons. The van der Waals surface area contributed by atoms with Gasteiger partial charge in [-0.2, -0.15) is 0 Å². The highest BCUT2D eigenvalue weighted by Gasteiger charge is 2.28. The van der Waals surface area contributed by atoms with Crippen LogP contribution in [0.3, 0.4) is 0 Å². The maximum absolute atomic E-state index is 13.2. The number of esters is 1. The SMILES string of the molecule is O=C(COC(=O)[C@H]1CCCO1)Nc1sc2c(c1C(=O)c1ccccc1)CCCC2. The third kappa shape index (κ3) is 4.41. The van der Waals surface area contributed by atoms with E-state index in [0.717, 1.165) is 42.5 Å². The van der Waals surface area contributed by atoms with Crippen molar-refractivity contribution in [2.24, 2.45) is 0 Å². The number of benzene rings is 1. The van der Waals surface area contributed by atoms with Crippen molar-refractivity contribution in [3.63, 3.8) is 0 Å². The first-order valence-electron chi connectivity index (χ1n) is 9.96. The second-order valence-electron chi connectivity index (χ2n) is 7.27. The number of ketones is 1. The van der Waals surface area contributed by atoms with Gasteiger partial charge in [-0.05, 0) is 44.1 Å². The Morgan fingerprint density at radius 2 is 1.90 bits per heavy atom. The summed E-state index contributed by atoms with van der Waals surface area (Å²) in [6.45, 7) is 0.151. The van der Waals surface area contributed by atoms with Crippen molar-refractivity contribution in [1.29, 1.82) is 0 Å². The van der Waals surface area contributed by atoms with Crippen LogP contribution in [0.15, 0.2) is 30.3 Å². The normalized spacial score (nSPS) is 18.1. The Morgan fingerprint density at radius 1 is 1.10 bits per heavy atom. The lowest BCUT2D eigenvalue weighted by atomic mass is 9.92. The van der Waals surface area contributed by atoms with Crippen LogP contribution in [0.5, 0.6) is 0 Å². The van der Waals surface area contributed by atoms with E-state index in [0.29, 0.717) is 29.2 Å². The lowest BCUT2D eigenvalue weighted by Crippen LogP contribution is -2.27. The van der Waals surface area contributed by atoms with Crippen molar-refractivity contribution in [1.82, 2.24) is 0 Å². The van der Waals surface area contributed by atoms with Crippen LogP contribution >= 0.6 is 11.3 Å². The summed E-state index contributed by atoms with van der Waals surface area (Å²) in [7, 11) is 0. The fraction of sp³-hybridized carbons (Fsp3) is 0.409. The molecule has 2 aromatic rings. The monoisotopic (exact) mass is 413 g/mol. The van der Waals surface area contributed by atoms with E-state index in [1.54, 1.807) is 12.1 Å². The zero-order valence-electron chi connectivity index (χ0n) is 16.1. The predicted molar refractivity (Wildman–Crippen MR) is 109 cm³/mol. The van der Waals surface area contributed by atoms with Gasteiger partial charge in [-0.15, -0.1) is 11.3 Å². The second kappa shape index (κ2) is 8.88. The van der Waals surface area contributed by atoms with Crippen LogP contribution in [0, 0.1) is 0 Å². The number of fused-ring (bicyclic) bond motifs is 1. The van der Waals surface area contributed by atoms with Crippen molar-refractivity contribution in [2.75, 3.05) is 18.5 Å². The zero-order chi connectivity index (χ0) is 20.2. The first kappa shape index (κ1) is 19.8. The number of anilines is 1. The molecule has 1 aromatic carbocycles. The maximum Gasteiger partial charge on any atom is 0.335 e. The van der Waals surface area contributed by atoms with E-state index in [-0.39, 0.29) is 12.4 Å². The van der Waals surface area contributed by atoms with Gasteiger partial charge >= 0.3 is 5.97 Å². The predicted octanol–water partition coefficient (Wildman–Crippen LogP) is 3.52. The van der Waals surface area contributed by atoms with Crippen molar-refractivity contribution in [3.8, 4) is 0 Å². The highest BCUT2D eigenvalue weighted by molar-refractivity contribution is 7.17. The summed E-state index contributed by atoms with van der Waals surface area (Å²) >= 11 is 1.45.